The van der Waals surface area contributed by atoms with Gasteiger partial charge < -0.3 is 4.74 Å². The highest BCUT2D eigenvalue weighted by Crippen LogP contribution is 2.35. The first kappa shape index (κ1) is 9.82. The summed E-state index contributed by atoms with van der Waals surface area (Å²) in [5.41, 5.74) is 1.41. The number of Topliss-reactive ketones (excluding diaryl/α,β-unsaturated/α-hetero) is 1. The van der Waals surface area contributed by atoms with Crippen LogP contribution in [0.15, 0.2) is 12.1 Å². The highest BCUT2D eigenvalue weighted by Gasteiger charge is 2.27. The van der Waals surface area contributed by atoms with Crippen molar-refractivity contribution >= 4 is 5.78 Å². The molecule has 1 fully saturated rings. The lowest BCUT2D eigenvalue weighted by molar-refractivity contribution is 0.0994. The number of carbonyl (C=O) groups excluding carboxylic acids is 1. The van der Waals surface area contributed by atoms with Gasteiger partial charge in [-0.05, 0) is 37.3 Å². The van der Waals surface area contributed by atoms with Crippen LogP contribution in [0.1, 0.15) is 35.2 Å². The lowest BCUT2D eigenvalue weighted by atomic mass is 10.1. The van der Waals surface area contributed by atoms with Gasteiger partial charge in [0.15, 0.2) is 17.3 Å². The minimum Gasteiger partial charge on any atom is -0.490 e. The standard InChI is InChI=1S/C13H13FO2/c14-11-5-3-9-10(4-6-12(9)15)13(11)16-7-8-1-2-8/h3,5,8H,1-2,4,6-7H2. The van der Waals surface area contributed by atoms with Crippen LogP contribution in [0.3, 0.4) is 0 Å². The Bertz CT molecular complexity index is 449. The predicted octanol–water partition coefficient (Wildman–Crippen LogP) is 2.74. The van der Waals surface area contributed by atoms with Crippen LogP contribution in [0.25, 0.3) is 0 Å². The lowest BCUT2D eigenvalue weighted by Crippen LogP contribution is -2.04. The fourth-order valence-electron chi connectivity index (χ4n) is 2.12. The summed E-state index contributed by atoms with van der Waals surface area (Å²) >= 11 is 0. The Hall–Kier alpha value is -1.38. The van der Waals surface area contributed by atoms with Gasteiger partial charge in [-0.2, -0.15) is 0 Å². The Labute approximate surface area is 93.4 Å². The number of ether oxygens (including phenoxy) is 1. The molecule has 1 aromatic rings. The van der Waals surface area contributed by atoms with Crippen LogP contribution >= 0.6 is 0 Å². The first-order chi connectivity index (χ1) is 7.75. The maximum Gasteiger partial charge on any atom is 0.165 e. The van der Waals surface area contributed by atoms with E-state index in [9.17, 15) is 9.18 Å². The summed E-state index contributed by atoms with van der Waals surface area (Å²) in [6, 6.07) is 2.91. The van der Waals surface area contributed by atoms with Crippen LogP contribution in [0.5, 0.6) is 5.75 Å². The van der Waals surface area contributed by atoms with Crippen LogP contribution in [-0.2, 0) is 6.42 Å². The molecule has 0 aromatic heterocycles. The van der Waals surface area contributed by atoms with Crippen LogP contribution in [0.2, 0.25) is 0 Å². The molecule has 1 saturated carbocycles. The van der Waals surface area contributed by atoms with E-state index in [0.717, 1.165) is 5.56 Å². The second-order valence-electron chi connectivity index (χ2n) is 4.58. The number of carbonyl (C=O) groups is 1. The Balaban J connectivity index is 1.92. The number of fused-ring (bicyclic) bond motifs is 1. The lowest BCUT2D eigenvalue weighted by Gasteiger charge is -2.10. The fourth-order valence-corrected chi connectivity index (χ4v) is 2.12. The quantitative estimate of drug-likeness (QED) is 0.782. The topological polar surface area (TPSA) is 26.3 Å². The zero-order chi connectivity index (χ0) is 11.1. The molecule has 3 heteroatoms. The van der Waals surface area contributed by atoms with Gasteiger partial charge in [-0.3, -0.25) is 4.79 Å². The molecule has 0 aliphatic heterocycles. The second-order valence-corrected chi connectivity index (χ2v) is 4.58. The third-order valence-electron chi connectivity index (χ3n) is 3.28. The molecule has 2 aliphatic rings. The molecule has 3 rings (SSSR count). The van der Waals surface area contributed by atoms with E-state index in [1.165, 1.54) is 18.9 Å². The highest BCUT2D eigenvalue weighted by atomic mass is 19.1. The SMILES string of the molecule is O=C1CCc2c1ccc(F)c2OCC1CC1. The monoisotopic (exact) mass is 220 g/mol. The summed E-state index contributed by atoms with van der Waals surface area (Å²) in [5.74, 6) is 0.669. The van der Waals surface area contributed by atoms with Crippen LogP contribution < -0.4 is 4.74 Å². The molecule has 0 amide bonds. The Morgan fingerprint density at radius 1 is 1.31 bits per heavy atom. The van der Waals surface area contributed by atoms with Crippen LogP contribution in [0, 0.1) is 11.7 Å². The largest absolute Gasteiger partial charge is 0.490 e. The van der Waals surface area contributed by atoms with Crippen molar-refractivity contribution in [3.8, 4) is 5.75 Å². The summed E-state index contributed by atoms with van der Waals surface area (Å²) in [5, 5.41) is 0. The minimum atomic E-state index is -0.339. The van der Waals surface area contributed by atoms with Crippen molar-refractivity contribution in [2.75, 3.05) is 6.61 Å². The summed E-state index contributed by atoms with van der Waals surface area (Å²) in [6.45, 7) is 0.585. The van der Waals surface area contributed by atoms with Gasteiger partial charge in [0, 0.05) is 17.5 Å². The maximum absolute atomic E-state index is 13.6. The Kier molecular flexibility index (Phi) is 2.20. The number of rotatable bonds is 3. The zero-order valence-electron chi connectivity index (χ0n) is 8.96. The van der Waals surface area contributed by atoms with Crippen molar-refractivity contribution in [3.05, 3.63) is 29.1 Å². The first-order valence-corrected chi connectivity index (χ1v) is 5.73. The number of ketones is 1. The molecular weight excluding hydrogens is 207 g/mol. The summed E-state index contributed by atoms with van der Waals surface area (Å²) in [6.07, 6.45) is 3.45. The molecule has 0 unspecified atom stereocenters. The van der Waals surface area contributed by atoms with Gasteiger partial charge in [0.05, 0.1) is 6.61 Å². The van der Waals surface area contributed by atoms with Crippen LogP contribution in [-0.4, -0.2) is 12.4 Å². The number of benzene rings is 1. The average Bonchev–Trinajstić information content (AvgIpc) is 3.02. The van der Waals surface area contributed by atoms with E-state index in [0.29, 0.717) is 36.7 Å². The summed E-state index contributed by atoms with van der Waals surface area (Å²) in [7, 11) is 0. The van der Waals surface area contributed by atoms with E-state index < -0.39 is 0 Å². The molecule has 0 bridgehead atoms. The van der Waals surface area contributed by atoms with E-state index in [1.54, 1.807) is 6.07 Å². The summed E-state index contributed by atoms with van der Waals surface area (Å²) in [4.78, 5) is 11.5. The predicted molar refractivity (Wildman–Crippen MR) is 57.3 cm³/mol. The molecule has 0 atom stereocenters. The van der Waals surface area contributed by atoms with Crippen molar-refractivity contribution < 1.29 is 13.9 Å². The third-order valence-corrected chi connectivity index (χ3v) is 3.28. The molecule has 2 nitrogen and oxygen atoms in total. The molecule has 84 valence electrons. The van der Waals surface area contributed by atoms with Crippen molar-refractivity contribution in [2.45, 2.75) is 25.7 Å². The van der Waals surface area contributed by atoms with Crippen molar-refractivity contribution in [3.63, 3.8) is 0 Å². The van der Waals surface area contributed by atoms with Gasteiger partial charge in [0.2, 0.25) is 0 Å². The summed E-state index contributed by atoms with van der Waals surface area (Å²) < 4.78 is 19.1. The molecule has 16 heavy (non-hydrogen) atoms. The molecule has 0 radical (unpaired) electrons. The smallest absolute Gasteiger partial charge is 0.165 e. The van der Waals surface area contributed by atoms with Crippen molar-refractivity contribution in [2.24, 2.45) is 5.92 Å². The van der Waals surface area contributed by atoms with Crippen LogP contribution in [0.4, 0.5) is 4.39 Å². The van der Waals surface area contributed by atoms with E-state index in [-0.39, 0.29) is 11.6 Å². The first-order valence-electron chi connectivity index (χ1n) is 5.73. The van der Waals surface area contributed by atoms with E-state index in [1.807, 2.05) is 0 Å². The Morgan fingerprint density at radius 2 is 2.12 bits per heavy atom. The molecule has 0 saturated heterocycles. The average molecular weight is 220 g/mol. The van der Waals surface area contributed by atoms with Gasteiger partial charge in [-0.15, -0.1) is 0 Å². The molecule has 0 heterocycles. The van der Waals surface area contributed by atoms with Gasteiger partial charge in [0.1, 0.15) is 0 Å². The van der Waals surface area contributed by atoms with Crippen molar-refractivity contribution in [1.82, 2.24) is 0 Å². The second kappa shape index (κ2) is 3.58. The van der Waals surface area contributed by atoms with Crippen molar-refractivity contribution in [1.29, 1.82) is 0 Å². The molecule has 1 aromatic carbocycles. The third kappa shape index (κ3) is 1.60. The maximum atomic E-state index is 13.6. The minimum absolute atomic E-state index is 0.103. The number of halogens is 1. The zero-order valence-corrected chi connectivity index (χ0v) is 8.96. The highest BCUT2D eigenvalue weighted by molar-refractivity contribution is 6.01. The molecular formula is C13H13FO2. The molecule has 2 aliphatic carbocycles. The van der Waals surface area contributed by atoms with E-state index in [4.69, 9.17) is 4.74 Å². The van der Waals surface area contributed by atoms with E-state index >= 15 is 0 Å². The van der Waals surface area contributed by atoms with Gasteiger partial charge >= 0.3 is 0 Å². The normalized spacial score (nSPS) is 18.7. The molecule has 0 N–H and O–H groups in total. The number of hydrogen-bond donors (Lipinski definition) is 0. The van der Waals surface area contributed by atoms with Gasteiger partial charge in [-0.1, -0.05) is 0 Å². The fraction of sp³-hybridized carbons (Fsp3) is 0.462. The van der Waals surface area contributed by atoms with Gasteiger partial charge in [-0.25, -0.2) is 4.39 Å². The van der Waals surface area contributed by atoms with E-state index in [2.05, 4.69) is 0 Å². The van der Waals surface area contributed by atoms with Gasteiger partial charge in [0.25, 0.3) is 0 Å². The Morgan fingerprint density at radius 3 is 2.88 bits per heavy atom. The number of hydrogen-bond acceptors (Lipinski definition) is 2. The molecule has 0 spiro atoms.